The minimum atomic E-state index is -1.35. The molecular formula is C16H13N3O3. The minimum Gasteiger partial charge on any atom is -0.476 e. The molecule has 0 fully saturated rings. The van der Waals surface area contributed by atoms with E-state index in [0.717, 1.165) is 5.56 Å². The summed E-state index contributed by atoms with van der Waals surface area (Å²) < 4.78 is 1.35. The summed E-state index contributed by atoms with van der Waals surface area (Å²) in [4.78, 5) is 27.7. The van der Waals surface area contributed by atoms with Crippen molar-refractivity contribution in [2.75, 3.05) is 0 Å². The number of carboxylic acid groups (broad SMARTS) is 1. The minimum absolute atomic E-state index is 0.331. The number of aromatic nitrogens is 2. The van der Waals surface area contributed by atoms with Crippen LogP contribution in [0.25, 0.3) is 16.7 Å². The van der Waals surface area contributed by atoms with Gasteiger partial charge in [-0.15, -0.1) is 0 Å². The van der Waals surface area contributed by atoms with Crippen LogP contribution in [0.5, 0.6) is 0 Å². The quantitative estimate of drug-likeness (QED) is 0.763. The number of nitrogens with two attached hydrogens (primary N) is 1. The molecule has 3 N–H and O–H groups in total. The van der Waals surface area contributed by atoms with Gasteiger partial charge in [-0.3, -0.25) is 9.36 Å². The molecule has 3 rings (SSSR count). The van der Waals surface area contributed by atoms with Crippen molar-refractivity contribution >= 4 is 17.0 Å². The van der Waals surface area contributed by atoms with Crippen LogP contribution < -0.4 is 11.3 Å². The largest absolute Gasteiger partial charge is 0.476 e. The molecule has 22 heavy (non-hydrogen) atoms. The lowest BCUT2D eigenvalue weighted by atomic mass is 10.2. The molecule has 6 heteroatoms. The molecule has 0 bridgehead atoms. The summed E-state index contributed by atoms with van der Waals surface area (Å²) in [5, 5.41) is 9.20. The predicted molar refractivity (Wildman–Crippen MR) is 82.2 cm³/mol. The van der Waals surface area contributed by atoms with Crippen LogP contribution in [0.15, 0.2) is 53.3 Å². The SMILES string of the molecule is NCc1cccc(-n2c(=O)c(C(=O)O)nc3ccccc32)c1. The van der Waals surface area contributed by atoms with E-state index in [0.29, 0.717) is 23.3 Å². The molecule has 1 aromatic heterocycles. The summed E-state index contributed by atoms with van der Waals surface area (Å²) in [6.45, 7) is 0.331. The first-order valence-electron chi connectivity index (χ1n) is 6.66. The van der Waals surface area contributed by atoms with Crippen LogP contribution in [0.1, 0.15) is 16.1 Å². The molecule has 2 aromatic carbocycles. The van der Waals surface area contributed by atoms with E-state index in [1.807, 2.05) is 6.07 Å². The number of hydrogen-bond acceptors (Lipinski definition) is 4. The zero-order valence-corrected chi connectivity index (χ0v) is 11.6. The Kier molecular flexibility index (Phi) is 3.44. The summed E-state index contributed by atoms with van der Waals surface area (Å²) >= 11 is 0. The molecule has 0 amide bonds. The molecule has 1 heterocycles. The average molecular weight is 295 g/mol. The second-order valence-corrected chi connectivity index (χ2v) is 4.77. The average Bonchev–Trinajstić information content (AvgIpc) is 2.54. The van der Waals surface area contributed by atoms with Gasteiger partial charge in [0.05, 0.1) is 11.0 Å². The van der Waals surface area contributed by atoms with Gasteiger partial charge >= 0.3 is 5.97 Å². The van der Waals surface area contributed by atoms with Crippen molar-refractivity contribution < 1.29 is 9.90 Å². The van der Waals surface area contributed by atoms with Crippen LogP contribution in [0.2, 0.25) is 0 Å². The third-order valence-electron chi connectivity index (χ3n) is 3.37. The Morgan fingerprint density at radius 2 is 1.95 bits per heavy atom. The smallest absolute Gasteiger partial charge is 0.360 e. The first-order chi connectivity index (χ1) is 10.6. The lowest BCUT2D eigenvalue weighted by Crippen LogP contribution is -2.27. The van der Waals surface area contributed by atoms with Crippen molar-refractivity contribution in [2.24, 2.45) is 5.73 Å². The number of carboxylic acids is 1. The number of rotatable bonds is 3. The first kappa shape index (κ1) is 14.0. The van der Waals surface area contributed by atoms with E-state index in [-0.39, 0.29) is 0 Å². The van der Waals surface area contributed by atoms with Crippen molar-refractivity contribution in [1.82, 2.24) is 9.55 Å². The van der Waals surface area contributed by atoms with Gasteiger partial charge in [0.25, 0.3) is 5.56 Å². The van der Waals surface area contributed by atoms with Gasteiger partial charge in [0.15, 0.2) is 0 Å². The van der Waals surface area contributed by atoms with Crippen LogP contribution in [-0.4, -0.2) is 20.6 Å². The second kappa shape index (κ2) is 5.42. The number of para-hydroxylation sites is 2. The van der Waals surface area contributed by atoms with Gasteiger partial charge < -0.3 is 10.8 Å². The monoisotopic (exact) mass is 295 g/mol. The molecule has 110 valence electrons. The van der Waals surface area contributed by atoms with E-state index >= 15 is 0 Å². The maximum absolute atomic E-state index is 12.5. The van der Waals surface area contributed by atoms with E-state index in [2.05, 4.69) is 4.98 Å². The van der Waals surface area contributed by atoms with Crippen LogP contribution in [-0.2, 0) is 6.54 Å². The van der Waals surface area contributed by atoms with E-state index in [1.165, 1.54) is 4.57 Å². The van der Waals surface area contributed by atoms with Gasteiger partial charge in [-0.25, -0.2) is 9.78 Å². The number of benzene rings is 2. The Morgan fingerprint density at radius 3 is 2.68 bits per heavy atom. The Morgan fingerprint density at radius 1 is 1.18 bits per heavy atom. The fourth-order valence-electron chi connectivity index (χ4n) is 2.35. The Balaban J connectivity index is 2.43. The Labute approximate surface area is 125 Å². The second-order valence-electron chi connectivity index (χ2n) is 4.77. The standard InChI is InChI=1S/C16H13N3O3/c17-9-10-4-3-5-11(8-10)19-13-7-2-1-6-12(13)18-14(15(19)20)16(21)22/h1-8H,9,17H2,(H,21,22). The molecule has 0 spiro atoms. The molecule has 0 saturated carbocycles. The fraction of sp³-hybridized carbons (Fsp3) is 0.0625. The normalized spacial score (nSPS) is 10.8. The zero-order chi connectivity index (χ0) is 15.7. The summed E-state index contributed by atoms with van der Waals surface area (Å²) in [5.41, 5.74) is 6.87. The summed E-state index contributed by atoms with van der Waals surface area (Å²) in [6, 6.07) is 14.0. The van der Waals surface area contributed by atoms with E-state index in [1.54, 1.807) is 42.5 Å². The predicted octanol–water partition coefficient (Wildman–Crippen LogP) is 1.54. The van der Waals surface area contributed by atoms with E-state index < -0.39 is 17.2 Å². The third kappa shape index (κ3) is 2.25. The maximum Gasteiger partial charge on any atom is 0.360 e. The highest BCUT2D eigenvalue weighted by molar-refractivity contribution is 5.88. The molecule has 0 aliphatic rings. The first-order valence-corrected chi connectivity index (χ1v) is 6.66. The van der Waals surface area contributed by atoms with Gasteiger partial charge in [0.2, 0.25) is 5.69 Å². The Bertz CT molecular complexity index is 931. The van der Waals surface area contributed by atoms with Crippen LogP contribution in [0.3, 0.4) is 0 Å². The molecule has 6 nitrogen and oxygen atoms in total. The van der Waals surface area contributed by atoms with Crippen LogP contribution >= 0.6 is 0 Å². The molecule has 3 aromatic rings. The van der Waals surface area contributed by atoms with Gasteiger partial charge in [-0.05, 0) is 29.8 Å². The molecule has 0 radical (unpaired) electrons. The lowest BCUT2D eigenvalue weighted by Gasteiger charge is -2.12. The topological polar surface area (TPSA) is 98.2 Å². The highest BCUT2D eigenvalue weighted by Gasteiger charge is 2.17. The van der Waals surface area contributed by atoms with Crippen molar-refractivity contribution in [3.05, 3.63) is 70.1 Å². The number of nitrogens with zero attached hydrogens (tertiary/aromatic N) is 2. The molecule has 0 aliphatic carbocycles. The number of fused-ring (bicyclic) bond motifs is 1. The molecule has 0 saturated heterocycles. The maximum atomic E-state index is 12.5. The summed E-state index contributed by atoms with van der Waals surface area (Å²) in [5.74, 6) is -1.35. The molecule has 0 aliphatic heterocycles. The number of hydrogen-bond donors (Lipinski definition) is 2. The number of aromatic carboxylic acids is 1. The van der Waals surface area contributed by atoms with Gasteiger partial charge in [-0.2, -0.15) is 0 Å². The summed E-state index contributed by atoms with van der Waals surface area (Å²) in [7, 11) is 0. The van der Waals surface area contributed by atoms with Crippen molar-refractivity contribution in [1.29, 1.82) is 0 Å². The fourth-order valence-corrected chi connectivity index (χ4v) is 2.35. The van der Waals surface area contributed by atoms with Gasteiger partial charge in [-0.1, -0.05) is 24.3 Å². The van der Waals surface area contributed by atoms with Crippen molar-refractivity contribution in [3.63, 3.8) is 0 Å². The van der Waals surface area contributed by atoms with Crippen LogP contribution in [0.4, 0.5) is 0 Å². The van der Waals surface area contributed by atoms with Gasteiger partial charge in [0.1, 0.15) is 0 Å². The molecule has 0 unspecified atom stereocenters. The van der Waals surface area contributed by atoms with Crippen molar-refractivity contribution in [2.45, 2.75) is 6.54 Å². The number of carbonyl (C=O) groups is 1. The molecular weight excluding hydrogens is 282 g/mol. The van der Waals surface area contributed by atoms with Crippen molar-refractivity contribution in [3.8, 4) is 5.69 Å². The van der Waals surface area contributed by atoms with Gasteiger partial charge in [0, 0.05) is 12.2 Å². The molecule has 0 atom stereocenters. The highest BCUT2D eigenvalue weighted by atomic mass is 16.4. The van der Waals surface area contributed by atoms with Crippen LogP contribution in [0, 0.1) is 0 Å². The third-order valence-corrected chi connectivity index (χ3v) is 3.37. The lowest BCUT2D eigenvalue weighted by molar-refractivity contribution is 0.0688. The Hall–Kier alpha value is -2.99. The summed E-state index contributed by atoms with van der Waals surface area (Å²) in [6.07, 6.45) is 0. The van der Waals surface area contributed by atoms with E-state index in [4.69, 9.17) is 5.73 Å². The van der Waals surface area contributed by atoms with E-state index in [9.17, 15) is 14.7 Å². The highest BCUT2D eigenvalue weighted by Crippen LogP contribution is 2.16. The zero-order valence-electron chi connectivity index (χ0n) is 11.6.